The first-order valence-electron chi connectivity index (χ1n) is 6.20. The van der Waals surface area contributed by atoms with Crippen molar-refractivity contribution in [2.24, 2.45) is 5.92 Å². The van der Waals surface area contributed by atoms with Crippen LogP contribution in [0.25, 0.3) is 10.9 Å². The van der Waals surface area contributed by atoms with Gasteiger partial charge in [0.2, 0.25) is 0 Å². The molecule has 2 aromatic rings. The number of hydrogen-bond donors (Lipinski definition) is 3. The highest BCUT2D eigenvalue weighted by Gasteiger charge is 2.02. The average Bonchev–Trinajstić information content (AvgIpc) is 2.36. The number of nitrogens with one attached hydrogen (secondary N) is 1. The number of pyridine rings is 1. The van der Waals surface area contributed by atoms with Crippen LogP contribution in [0.2, 0.25) is 0 Å². The number of rotatable bonds is 5. The van der Waals surface area contributed by atoms with Crippen molar-refractivity contribution in [3.63, 3.8) is 0 Å². The Labute approximate surface area is 107 Å². The van der Waals surface area contributed by atoms with E-state index in [4.69, 9.17) is 10.8 Å². The number of hydrogen-bond acceptors (Lipinski definition) is 4. The molecule has 1 atom stereocenters. The lowest BCUT2D eigenvalue weighted by Gasteiger charge is -2.12. The third-order valence-electron chi connectivity index (χ3n) is 2.97. The maximum Gasteiger partial charge on any atom is 0.126 e. The van der Waals surface area contributed by atoms with Crippen molar-refractivity contribution in [1.82, 2.24) is 4.98 Å². The molecule has 0 aliphatic carbocycles. The van der Waals surface area contributed by atoms with Crippen molar-refractivity contribution in [2.75, 3.05) is 24.2 Å². The lowest BCUT2D eigenvalue weighted by Crippen LogP contribution is -2.13. The SMILES string of the molecule is CC(CCO)CNc1ccc2cc(N)ccc2n1. The van der Waals surface area contributed by atoms with Gasteiger partial charge in [-0.1, -0.05) is 6.92 Å². The number of fused-ring (bicyclic) bond motifs is 1. The van der Waals surface area contributed by atoms with Crippen LogP contribution in [0.5, 0.6) is 0 Å². The van der Waals surface area contributed by atoms with Crippen LogP contribution in [-0.2, 0) is 0 Å². The van der Waals surface area contributed by atoms with Gasteiger partial charge in [0.1, 0.15) is 5.82 Å². The van der Waals surface area contributed by atoms with Gasteiger partial charge in [-0.2, -0.15) is 0 Å². The molecule has 18 heavy (non-hydrogen) atoms. The summed E-state index contributed by atoms with van der Waals surface area (Å²) < 4.78 is 0. The zero-order chi connectivity index (χ0) is 13.0. The summed E-state index contributed by atoms with van der Waals surface area (Å²) in [5.41, 5.74) is 7.41. The molecule has 1 unspecified atom stereocenters. The van der Waals surface area contributed by atoms with Gasteiger partial charge in [0.25, 0.3) is 0 Å². The first-order chi connectivity index (χ1) is 8.69. The predicted octanol–water partition coefficient (Wildman–Crippen LogP) is 2.25. The van der Waals surface area contributed by atoms with Gasteiger partial charge in [-0.3, -0.25) is 0 Å². The van der Waals surface area contributed by atoms with E-state index in [2.05, 4.69) is 17.2 Å². The van der Waals surface area contributed by atoms with Crippen molar-refractivity contribution < 1.29 is 5.11 Å². The standard InChI is InChI=1S/C14H19N3O/c1-10(6-7-18)9-16-14-5-2-11-8-12(15)3-4-13(11)17-14/h2-5,8,10,18H,6-7,9,15H2,1H3,(H,16,17). The van der Waals surface area contributed by atoms with Crippen LogP contribution >= 0.6 is 0 Å². The van der Waals surface area contributed by atoms with E-state index < -0.39 is 0 Å². The normalized spacial score (nSPS) is 12.6. The molecule has 4 nitrogen and oxygen atoms in total. The Kier molecular flexibility index (Phi) is 3.99. The summed E-state index contributed by atoms with van der Waals surface area (Å²) in [4.78, 5) is 4.52. The molecule has 96 valence electrons. The molecule has 0 fully saturated rings. The van der Waals surface area contributed by atoms with Gasteiger partial charge in [0.15, 0.2) is 0 Å². The van der Waals surface area contributed by atoms with Crippen LogP contribution in [0.3, 0.4) is 0 Å². The molecule has 4 heteroatoms. The third kappa shape index (κ3) is 3.11. The smallest absolute Gasteiger partial charge is 0.126 e. The predicted molar refractivity (Wildman–Crippen MR) is 75.5 cm³/mol. The van der Waals surface area contributed by atoms with E-state index in [1.807, 2.05) is 30.3 Å². The Balaban J connectivity index is 2.08. The van der Waals surface area contributed by atoms with Crippen LogP contribution in [0.4, 0.5) is 11.5 Å². The number of nitrogen functional groups attached to an aromatic ring is 1. The van der Waals surface area contributed by atoms with Crippen LogP contribution in [-0.4, -0.2) is 23.2 Å². The minimum atomic E-state index is 0.229. The first-order valence-corrected chi connectivity index (χ1v) is 6.20. The van der Waals surface area contributed by atoms with Gasteiger partial charge >= 0.3 is 0 Å². The fourth-order valence-electron chi connectivity index (χ4n) is 1.84. The molecule has 1 aromatic heterocycles. The van der Waals surface area contributed by atoms with E-state index in [-0.39, 0.29) is 6.61 Å². The summed E-state index contributed by atoms with van der Waals surface area (Å²) in [6, 6.07) is 9.66. The summed E-state index contributed by atoms with van der Waals surface area (Å²) in [5, 5.41) is 13.2. The Morgan fingerprint density at radius 3 is 2.94 bits per heavy atom. The van der Waals surface area contributed by atoms with Gasteiger partial charge in [0.05, 0.1) is 5.52 Å². The van der Waals surface area contributed by atoms with Crippen LogP contribution < -0.4 is 11.1 Å². The molecule has 0 amide bonds. The molecular formula is C14H19N3O. The summed E-state index contributed by atoms with van der Waals surface area (Å²) in [6.45, 7) is 3.15. The number of aromatic nitrogens is 1. The second kappa shape index (κ2) is 5.69. The van der Waals surface area contributed by atoms with Crippen LogP contribution in [0, 0.1) is 5.92 Å². The van der Waals surface area contributed by atoms with E-state index in [1.165, 1.54) is 0 Å². The lowest BCUT2D eigenvalue weighted by molar-refractivity contribution is 0.266. The topological polar surface area (TPSA) is 71.2 Å². The second-order valence-corrected chi connectivity index (χ2v) is 4.65. The first kappa shape index (κ1) is 12.6. The molecule has 0 bridgehead atoms. The summed E-state index contributed by atoms with van der Waals surface area (Å²) in [5.74, 6) is 1.29. The molecule has 1 aromatic carbocycles. The van der Waals surface area contributed by atoms with Crippen molar-refractivity contribution in [1.29, 1.82) is 0 Å². The molecule has 2 rings (SSSR count). The second-order valence-electron chi connectivity index (χ2n) is 4.65. The average molecular weight is 245 g/mol. The van der Waals surface area contributed by atoms with Gasteiger partial charge in [-0.15, -0.1) is 0 Å². The van der Waals surface area contributed by atoms with Gasteiger partial charge in [-0.25, -0.2) is 4.98 Å². The van der Waals surface area contributed by atoms with Crippen molar-refractivity contribution in [2.45, 2.75) is 13.3 Å². The minimum absolute atomic E-state index is 0.229. The number of aliphatic hydroxyl groups is 1. The maximum atomic E-state index is 8.85. The van der Waals surface area contributed by atoms with Gasteiger partial charge < -0.3 is 16.2 Å². The zero-order valence-electron chi connectivity index (χ0n) is 10.6. The van der Waals surface area contributed by atoms with Crippen LogP contribution in [0.15, 0.2) is 30.3 Å². The summed E-state index contributed by atoms with van der Waals surface area (Å²) >= 11 is 0. The Morgan fingerprint density at radius 2 is 2.17 bits per heavy atom. The Bertz CT molecular complexity index is 527. The Hall–Kier alpha value is -1.81. The number of anilines is 2. The van der Waals surface area contributed by atoms with E-state index in [1.54, 1.807) is 0 Å². The molecule has 0 spiro atoms. The highest BCUT2D eigenvalue weighted by Crippen LogP contribution is 2.18. The molecule has 0 saturated heterocycles. The van der Waals surface area contributed by atoms with Gasteiger partial charge in [0, 0.05) is 24.2 Å². The summed E-state index contributed by atoms with van der Waals surface area (Å²) in [7, 11) is 0. The quantitative estimate of drug-likeness (QED) is 0.706. The molecule has 1 heterocycles. The molecule has 0 aliphatic rings. The third-order valence-corrected chi connectivity index (χ3v) is 2.97. The molecule has 0 aliphatic heterocycles. The summed E-state index contributed by atoms with van der Waals surface area (Å²) in [6.07, 6.45) is 0.803. The maximum absolute atomic E-state index is 8.85. The van der Waals surface area contributed by atoms with E-state index >= 15 is 0 Å². The number of nitrogens with zero attached hydrogens (tertiary/aromatic N) is 1. The van der Waals surface area contributed by atoms with E-state index in [0.29, 0.717) is 5.92 Å². The van der Waals surface area contributed by atoms with Crippen molar-refractivity contribution >= 4 is 22.4 Å². The highest BCUT2D eigenvalue weighted by atomic mass is 16.3. The Morgan fingerprint density at radius 1 is 1.33 bits per heavy atom. The van der Waals surface area contributed by atoms with Gasteiger partial charge in [-0.05, 0) is 42.7 Å². The fourth-order valence-corrected chi connectivity index (χ4v) is 1.84. The molecule has 0 radical (unpaired) electrons. The van der Waals surface area contributed by atoms with Crippen LogP contribution in [0.1, 0.15) is 13.3 Å². The zero-order valence-corrected chi connectivity index (χ0v) is 10.6. The van der Waals surface area contributed by atoms with E-state index in [9.17, 15) is 0 Å². The largest absolute Gasteiger partial charge is 0.399 e. The number of aliphatic hydroxyl groups excluding tert-OH is 1. The lowest BCUT2D eigenvalue weighted by atomic mass is 10.1. The number of benzene rings is 1. The number of nitrogens with two attached hydrogens (primary N) is 1. The molecule has 0 saturated carbocycles. The van der Waals surface area contributed by atoms with E-state index in [0.717, 1.165) is 35.4 Å². The van der Waals surface area contributed by atoms with Crippen molar-refractivity contribution in [3.05, 3.63) is 30.3 Å². The monoisotopic (exact) mass is 245 g/mol. The molecule has 4 N–H and O–H groups in total. The van der Waals surface area contributed by atoms with Crippen molar-refractivity contribution in [3.8, 4) is 0 Å². The molecular weight excluding hydrogens is 226 g/mol. The highest BCUT2D eigenvalue weighted by molar-refractivity contribution is 5.83. The fraction of sp³-hybridized carbons (Fsp3) is 0.357. The minimum Gasteiger partial charge on any atom is -0.399 e.